The van der Waals surface area contributed by atoms with E-state index in [2.05, 4.69) is 5.32 Å². The second-order valence-corrected chi connectivity index (χ2v) is 5.59. The van der Waals surface area contributed by atoms with E-state index in [0.29, 0.717) is 12.1 Å². The molecule has 0 saturated carbocycles. The van der Waals surface area contributed by atoms with E-state index >= 15 is 0 Å². The van der Waals surface area contributed by atoms with E-state index < -0.39 is 35.1 Å². The van der Waals surface area contributed by atoms with Crippen LogP contribution in [0.2, 0.25) is 0 Å². The zero-order chi connectivity index (χ0) is 17.9. The molecule has 7 heteroatoms. The van der Waals surface area contributed by atoms with E-state index in [1.54, 1.807) is 26.1 Å². The number of carbonyl (C=O) groups is 1. The second kappa shape index (κ2) is 7.44. The first kappa shape index (κ1) is 17.9. The third-order valence-electron chi connectivity index (χ3n) is 3.80. The van der Waals surface area contributed by atoms with Gasteiger partial charge in [-0.3, -0.25) is 4.79 Å². The Morgan fingerprint density at radius 1 is 1.12 bits per heavy atom. The van der Waals surface area contributed by atoms with Gasteiger partial charge in [-0.05, 0) is 31.2 Å². The third kappa shape index (κ3) is 4.11. The van der Waals surface area contributed by atoms with Crippen molar-refractivity contribution in [3.05, 3.63) is 65.2 Å². The van der Waals surface area contributed by atoms with Crippen molar-refractivity contribution in [3.8, 4) is 0 Å². The number of quaternary nitrogens is 1. The van der Waals surface area contributed by atoms with Gasteiger partial charge in [0.05, 0.1) is 12.7 Å². The number of amides is 1. The second-order valence-electron chi connectivity index (χ2n) is 5.59. The van der Waals surface area contributed by atoms with Gasteiger partial charge in [0.1, 0.15) is 12.4 Å². The molecule has 1 amide bonds. The standard InChI is InChI=1S/C17H16F4N2O/c1-10(23(2)9-11-4-3-5-12(18)8-11)17(24)22-14-7-6-13(19)15(20)16(14)21/h3-8,10H,9H2,1-2H3,(H,22,24)/p+1/t10-/m0/s1. The molecule has 0 spiro atoms. The predicted molar refractivity (Wildman–Crippen MR) is 81.4 cm³/mol. The van der Waals surface area contributed by atoms with E-state index in [-0.39, 0.29) is 5.82 Å². The van der Waals surface area contributed by atoms with E-state index in [1.807, 2.05) is 0 Å². The summed E-state index contributed by atoms with van der Waals surface area (Å²) in [7, 11) is 1.72. The van der Waals surface area contributed by atoms with Crippen molar-refractivity contribution in [3.63, 3.8) is 0 Å². The molecule has 0 aliphatic rings. The summed E-state index contributed by atoms with van der Waals surface area (Å²) in [6.45, 7) is 1.97. The molecular formula is C17H17F4N2O+. The van der Waals surface area contributed by atoms with Crippen molar-refractivity contribution in [2.24, 2.45) is 0 Å². The molecular weight excluding hydrogens is 324 g/mol. The highest BCUT2D eigenvalue weighted by molar-refractivity contribution is 5.93. The van der Waals surface area contributed by atoms with Crippen LogP contribution in [0.4, 0.5) is 23.2 Å². The molecule has 0 heterocycles. The molecule has 0 fully saturated rings. The summed E-state index contributed by atoms with van der Waals surface area (Å²) < 4.78 is 52.9. The molecule has 0 aromatic heterocycles. The molecule has 0 saturated heterocycles. The Balaban J connectivity index is 2.05. The van der Waals surface area contributed by atoms with Crippen molar-refractivity contribution >= 4 is 11.6 Å². The van der Waals surface area contributed by atoms with Gasteiger partial charge in [0.2, 0.25) is 0 Å². The highest BCUT2D eigenvalue weighted by Gasteiger charge is 2.24. The lowest BCUT2D eigenvalue weighted by Crippen LogP contribution is -3.12. The fourth-order valence-electron chi connectivity index (χ4n) is 2.21. The number of anilines is 1. The number of rotatable bonds is 5. The maximum absolute atomic E-state index is 13.6. The minimum Gasteiger partial charge on any atom is -0.324 e. The van der Waals surface area contributed by atoms with Crippen LogP contribution in [0.25, 0.3) is 0 Å². The summed E-state index contributed by atoms with van der Waals surface area (Å²) in [5.74, 6) is -5.35. The van der Waals surface area contributed by atoms with E-state index in [4.69, 9.17) is 0 Å². The van der Waals surface area contributed by atoms with Crippen molar-refractivity contribution in [1.82, 2.24) is 0 Å². The maximum atomic E-state index is 13.6. The van der Waals surface area contributed by atoms with Crippen LogP contribution in [0.5, 0.6) is 0 Å². The Labute approximate surface area is 136 Å². The summed E-state index contributed by atoms with van der Waals surface area (Å²) in [5, 5.41) is 2.24. The summed E-state index contributed by atoms with van der Waals surface area (Å²) in [5.41, 5.74) is 0.274. The molecule has 2 aromatic rings. The number of halogens is 4. The average molecular weight is 341 g/mol. The molecule has 0 aliphatic heterocycles. The van der Waals surface area contributed by atoms with Crippen molar-refractivity contribution in [2.75, 3.05) is 12.4 Å². The van der Waals surface area contributed by atoms with E-state index in [1.165, 1.54) is 12.1 Å². The van der Waals surface area contributed by atoms with Crippen LogP contribution in [-0.4, -0.2) is 19.0 Å². The number of hydrogen-bond donors (Lipinski definition) is 2. The Morgan fingerprint density at radius 3 is 2.50 bits per heavy atom. The lowest BCUT2D eigenvalue weighted by atomic mass is 10.1. The SMILES string of the molecule is C[C@@H](C(=O)Nc1ccc(F)c(F)c1F)[NH+](C)Cc1cccc(F)c1. The number of carbonyl (C=O) groups excluding carboxylic acids is 1. The highest BCUT2D eigenvalue weighted by Crippen LogP contribution is 2.19. The number of nitrogens with one attached hydrogen (secondary N) is 2. The van der Waals surface area contributed by atoms with Crippen LogP contribution < -0.4 is 10.2 Å². The van der Waals surface area contributed by atoms with Crippen molar-refractivity contribution in [2.45, 2.75) is 19.5 Å². The van der Waals surface area contributed by atoms with Crippen LogP contribution >= 0.6 is 0 Å². The zero-order valence-corrected chi connectivity index (χ0v) is 13.2. The first-order chi connectivity index (χ1) is 11.3. The minimum atomic E-state index is -1.64. The van der Waals surface area contributed by atoms with Gasteiger partial charge in [-0.25, -0.2) is 17.6 Å². The van der Waals surface area contributed by atoms with Crippen LogP contribution in [0, 0.1) is 23.3 Å². The van der Waals surface area contributed by atoms with Crippen LogP contribution in [0.3, 0.4) is 0 Å². The number of benzene rings is 2. The predicted octanol–water partition coefficient (Wildman–Crippen LogP) is 2.28. The molecule has 3 nitrogen and oxygen atoms in total. The van der Waals surface area contributed by atoms with E-state index in [9.17, 15) is 22.4 Å². The smallest absolute Gasteiger partial charge is 0.282 e. The zero-order valence-electron chi connectivity index (χ0n) is 13.2. The molecule has 0 radical (unpaired) electrons. The van der Waals surface area contributed by atoms with Gasteiger partial charge < -0.3 is 10.2 Å². The van der Waals surface area contributed by atoms with Crippen molar-refractivity contribution in [1.29, 1.82) is 0 Å². The molecule has 1 unspecified atom stereocenters. The van der Waals surface area contributed by atoms with Gasteiger partial charge in [-0.15, -0.1) is 0 Å². The fourth-order valence-corrected chi connectivity index (χ4v) is 2.21. The Hall–Kier alpha value is -2.41. The first-order valence-electron chi connectivity index (χ1n) is 7.30. The highest BCUT2D eigenvalue weighted by atomic mass is 19.2. The van der Waals surface area contributed by atoms with Gasteiger partial charge in [-0.1, -0.05) is 12.1 Å². The monoisotopic (exact) mass is 341 g/mol. The Morgan fingerprint density at radius 2 is 1.83 bits per heavy atom. The summed E-state index contributed by atoms with van der Waals surface area (Å²) in [6, 6.07) is 7.05. The van der Waals surface area contributed by atoms with Gasteiger partial charge in [-0.2, -0.15) is 0 Å². The normalized spacial score (nSPS) is 13.4. The molecule has 2 atom stereocenters. The third-order valence-corrected chi connectivity index (χ3v) is 3.80. The largest absolute Gasteiger partial charge is 0.324 e. The van der Waals surface area contributed by atoms with Crippen LogP contribution in [-0.2, 0) is 11.3 Å². The molecule has 0 aliphatic carbocycles. The quantitative estimate of drug-likeness (QED) is 0.635. The molecule has 2 aromatic carbocycles. The van der Waals surface area contributed by atoms with Crippen LogP contribution in [0.15, 0.2) is 36.4 Å². The molecule has 2 rings (SSSR count). The Bertz CT molecular complexity index is 751. The lowest BCUT2D eigenvalue weighted by Gasteiger charge is -2.21. The summed E-state index contributed by atoms with van der Waals surface area (Å²) in [4.78, 5) is 12.9. The fraction of sp³-hybridized carbons (Fsp3) is 0.235. The topological polar surface area (TPSA) is 33.5 Å². The van der Waals surface area contributed by atoms with E-state index in [0.717, 1.165) is 17.0 Å². The number of hydrogen-bond acceptors (Lipinski definition) is 1. The van der Waals surface area contributed by atoms with Gasteiger partial charge >= 0.3 is 0 Å². The molecule has 128 valence electrons. The first-order valence-corrected chi connectivity index (χ1v) is 7.30. The average Bonchev–Trinajstić information content (AvgIpc) is 2.54. The minimum absolute atomic E-state index is 0.368. The van der Waals surface area contributed by atoms with Crippen LogP contribution in [0.1, 0.15) is 12.5 Å². The lowest BCUT2D eigenvalue weighted by molar-refractivity contribution is -0.907. The van der Waals surface area contributed by atoms with Gasteiger partial charge in [0.25, 0.3) is 5.91 Å². The Kier molecular flexibility index (Phi) is 5.56. The molecule has 2 N–H and O–H groups in total. The van der Waals surface area contributed by atoms with Crippen molar-refractivity contribution < 1.29 is 27.3 Å². The molecule has 24 heavy (non-hydrogen) atoms. The number of likely N-dealkylation sites (N-methyl/N-ethyl adjacent to an activating group) is 1. The van der Waals surface area contributed by atoms with Gasteiger partial charge in [0.15, 0.2) is 23.5 Å². The molecule has 0 bridgehead atoms. The van der Waals surface area contributed by atoms with Gasteiger partial charge in [0, 0.05) is 5.56 Å². The maximum Gasteiger partial charge on any atom is 0.282 e. The summed E-state index contributed by atoms with van der Waals surface area (Å²) in [6.07, 6.45) is 0. The summed E-state index contributed by atoms with van der Waals surface area (Å²) >= 11 is 0.